The predicted octanol–water partition coefficient (Wildman–Crippen LogP) is 3.15. The van der Waals surface area contributed by atoms with Crippen LogP contribution >= 0.6 is 39.5 Å². The number of thiophene rings is 1. The number of amides is 1. The lowest BCUT2D eigenvalue weighted by Crippen LogP contribution is -2.20. The van der Waals surface area contributed by atoms with Gasteiger partial charge in [-0.15, -0.1) is 11.3 Å². The summed E-state index contributed by atoms with van der Waals surface area (Å²) in [5.74, 6) is 0.418. The molecule has 10 heteroatoms. The van der Waals surface area contributed by atoms with E-state index in [0.29, 0.717) is 21.6 Å². The number of carbonyl (C=O) groups is 1. The molecule has 0 aromatic carbocycles. The van der Waals surface area contributed by atoms with E-state index in [4.69, 9.17) is 12.2 Å². The summed E-state index contributed by atoms with van der Waals surface area (Å²) in [7, 11) is 0. The molecule has 0 bridgehead atoms. The minimum absolute atomic E-state index is 0.165. The maximum Gasteiger partial charge on any atom is 0.271 e. The van der Waals surface area contributed by atoms with Crippen LogP contribution in [0.1, 0.15) is 6.42 Å². The second-order valence-electron chi connectivity index (χ2n) is 4.84. The van der Waals surface area contributed by atoms with E-state index in [1.807, 2.05) is 17.5 Å². The average Bonchev–Trinajstić information content (AvgIpc) is 3.18. The molecule has 3 N–H and O–H groups in total. The zero-order valence-electron chi connectivity index (χ0n) is 12.2. The van der Waals surface area contributed by atoms with Gasteiger partial charge in [-0.1, -0.05) is 6.07 Å². The Morgan fingerprint density at radius 1 is 1.50 bits per heavy atom. The number of hydrogen-bond acceptors (Lipinski definition) is 5. The molecule has 1 amide bonds. The van der Waals surface area contributed by atoms with E-state index in [1.165, 1.54) is 6.20 Å². The maximum absolute atomic E-state index is 12.1. The smallest absolute Gasteiger partial charge is 0.271 e. The van der Waals surface area contributed by atoms with Crippen LogP contribution in [0.5, 0.6) is 0 Å². The second-order valence-corrected chi connectivity index (χ2v) is 7.09. The van der Waals surface area contributed by atoms with Crippen LogP contribution in [0.2, 0.25) is 0 Å². The Bertz CT molecular complexity index is 974. The van der Waals surface area contributed by atoms with Crippen molar-refractivity contribution in [3.05, 3.63) is 49.4 Å². The van der Waals surface area contributed by atoms with Crippen molar-refractivity contribution in [1.29, 1.82) is 0 Å². The molecule has 0 spiro atoms. The topological polar surface area (TPSA) is 95.6 Å². The number of hydrogen-bond donors (Lipinski definition) is 3. The van der Waals surface area contributed by atoms with Gasteiger partial charge in [-0.3, -0.25) is 19.3 Å². The van der Waals surface area contributed by atoms with Gasteiger partial charge in [-0.25, -0.2) is 0 Å². The second kappa shape index (κ2) is 7.24. The third-order valence-corrected chi connectivity index (χ3v) is 4.84. The van der Waals surface area contributed by atoms with Gasteiger partial charge in [0.25, 0.3) is 5.56 Å². The number of H-pyrrole nitrogens is 2. The number of pyridine rings is 1. The third kappa shape index (κ3) is 3.71. The summed E-state index contributed by atoms with van der Waals surface area (Å²) in [6.45, 7) is 0.361. The van der Waals surface area contributed by atoms with E-state index in [2.05, 4.69) is 36.4 Å². The molecule has 3 heterocycles. The summed E-state index contributed by atoms with van der Waals surface area (Å²) in [4.78, 5) is 27.3. The quantitative estimate of drug-likeness (QED) is 0.547. The number of aromatic amines is 2. The monoisotopic (exact) mass is 425 g/mol. The van der Waals surface area contributed by atoms with Gasteiger partial charge < -0.3 is 10.3 Å². The van der Waals surface area contributed by atoms with Crippen molar-refractivity contribution < 1.29 is 4.79 Å². The molecular weight excluding hydrogens is 414 g/mol. The lowest BCUT2D eigenvalue weighted by Gasteiger charge is -2.07. The van der Waals surface area contributed by atoms with Gasteiger partial charge in [-0.2, -0.15) is 5.10 Å². The van der Waals surface area contributed by atoms with Crippen LogP contribution in [-0.2, 0) is 11.3 Å². The van der Waals surface area contributed by atoms with E-state index < -0.39 is 0 Å². The van der Waals surface area contributed by atoms with Crippen molar-refractivity contribution in [3.8, 4) is 10.7 Å². The van der Waals surface area contributed by atoms with Crippen molar-refractivity contribution in [1.82, 2.24) is 19.7 Å². The minimum atomic E-state index is -0.356. The molecule has 24 heavy (non-hydrogen) atoms. The molecule has 7 nitrogen and oxygen atoms in total. The van der Waals surface area contributed by atoms with Crippen molar-refractivity contribution in [2.75, 3.05) is 5.32 Å². The van der Waals surface area contributed by atoms with Gasteiger partial charge in [0, 0.05) is 23.6 Å². The zero-order valence-corrected chi connectivity index (χ0v) is 15.4. The van der Waals surface area contributed by atoms with Crippen molar-refractivity contribution in [2.24, 2.45) is 0 Å². The van der Waals surface area contributed by atoms with Gasteiger partial charge in [-0.05, 0) is 45.7 Å². The first-order valence-corrected chi connectivity index (χ1v) is 9.00. The molecular formula is C14H12BrN5O2S2. The van der Waals surface area contributed by atoms with E-state index in [1.54, 1.807) is 22.0 Å². The molecule has 0 aliphatic heterocycles. The normalized spacial score (nSPS) is 10.7. The highest BCUT2D eigenvalue weighted by molar-refractivity contribution is 9.10. The summed E-state index contributed by atoms with van der Waals surface area (Å²) < 4.78 is 2.90. The standard InChI is InChI=1S/C14H12BrN5O2S2/c15-8-6-9(13(22)16-7-8)17-11(21)3-4-20-12(18-19-14(20)23)10-2-1-5-24-10/h1-2,5-7H,3-4H2,(H,16,22)(H,17,21)(H,19,23). The number of nitrogens with one attached hydrogen (secondary N) is 3. The number of halogens is 1. The molecule has 3 aromatic rings. The highest BCUT2D eigenvalue weighted by atomic mass is 79.9. The van der Waals surface area contributed by atoms with Crippen molar-refractivity contribution in [3.63, 3.8) is 0 Å². The van der Waals surface area contributed by atoms with E-state index >= 15 is 0 Å². The first-order chi connectivity index (χ1) is 11.5. The van der Waals surface area contributed by atoms with Crippen molar-refractivity contribution in [2.45, 2.75) is 13.0 Å². The fourth-order valence-corrected chi connectivity index (χ4v) is 3.38. The molecule has 124 valence electrons. The first kappa shape index (κ1) is 16.8. The summed E-state index contributed by atoms with van der Waals surface area (Å²) in [5.41, 5.74) is -0.158. The van der Waals surface area contributed by atoms with Crippen LogP contribution in [0.3, 0.4) is 0 Å². The highest BCUT2D eigenvalue weighted by Gasteiger charge is 2.12. The van der Waals surface area contributed by atoms with E-state index in [-0.39, 0.29) is 23.6 Å². The van der Waals surface area contributed by atoms with Gasteiger partial charge in [0.1, 0.15) is 5.69 Å². The van der Waals surface area contributed by atoms with Gasteiger partial charge in [0.05, 0.1) is 4.88 Å². The molecule has 0 radical (unpaired) electrons. The Kier molecular flexibility index (Phi) is 5.07. The fraction of sp³-hybridized carbons (Fsp3) is 0.143. The number of carbonyl (C=O) groups excluding carboxylic acids is 1. The Morgan fingerprint density at radius 3 is 3.08 bits per heavy atom. The van der Waals surface area contributed by atoms with Crippen LogP contribution in [0.15, 0.2) is 39.0 Å². The van der Waals surface area contributed by atoms with E-state index in [0.717, 1.165) is 4.88 Å². The average molecular weight is 426 g/mol. The molecule has 0 unspecified atom stereocenters. The fourth-order valence-electron chi connectivity index (χ4n) is 2.10. The summed E-state index contributed by atoms with van der Waals surface area (Å²) >= 11 is 10.0. The molecule has 0 fully saturated rings. The molecule has 3 rings (SSSR count). The van der Waals surface area contributed by atoms with Gasteiger partial charge in [0.15, 0.2) is 10.6 Å². The van der Waals surface area contributed by atoms with Crippen LogP contribution < -0.4 is 10.9 Å². The molecule has 0 saturated carbocycles. The summed E-state index contributed by atoms with van der Waals surface area (Å²) in [6.07, 6.45) is 1.67. The van der Waals surface area contributed by atoms with Gasteiger partial charge >= 0.3 is 0 Å². The van der Waals surface area contributed by atoms with Gasteiger partial charge in [0.2, 0.25) is 5.91 Å². The summed E-state index contributed by atoms with van der Waals surface area (Å²) in [5, 5.41) is 11.5. The van der Waals surface area contributed by atoms with Crippen molar-refractivity contribution >= 4 is 51.1 Å². The Labute approximate surface area is 153 Å². The zero-order chi connectivity index (χ0) is 17.1. The lowest BCUT2D eigenvalue weighted by molar-refractivity contribution is -0.116. The Balaban J connectivity index is 1.71. The number of aromatic nitrogens is 4. The molecule has 0 saturated heterocycles. The van der Waals surface area contributed by atoms with Crippen LogP contribution in [0.25, 0.3) is 10.7 Å². The Hall–Kier alpha value is -2.04. The first-order valence-electron chi connectivity index (χ1n) is 6.92. The maximum atomic E-state index is 12.1. The highest BCUT2D eigenvalue weighted by Crippen LogP contribution is 2.23. The van der Waals surface area contributed by atoms with Crippen LogP contribution in [-0.4, -0.2) is 25.7 Å². The number of nitrogens with zero attached hydrogens (tertiary/aromatic N) is 2. The number of anilines is 1. The summed E-state index contributed by atoms with van der Waals surface area (Å²) in [6, 6.07) is 5.42. The SMILES string of the molecule is O=C(CCn1c(-c2cccs2)n[nH]c1=S)Nc1cc(Br)c[nH]c1=O. The molecule has 0 aliphatic carbocycles. The largest absolute Gasteiger partial charge is 0.326 e. The van der Waals surface area contributed by atoms with Crippen LogP contribution in [0.4, 0.5) is 5.69 Å². The van der Waals surface area contributed by atoms with Crippen LogP contribution in [0, 0.1) is 4.77 Å². The Morgan fingerprint density at radius 2 is 2.33 bits per heavy atom. The molecule has 3 aromatic heterocycles. The number of rotatable bonds is 5. The third-order valence-electron chi connectivity index (χ3n) is 3.20. The van der Waals surface area contributed by atoms with E-state index in [9.17, 15) is 9.59 Å². The lowest BCUT2D eigenvalue weighted by atomic mass is 10.3. The molecule has 0 atom stereocenters. The molecule has 0 aliphatic rings. The predicted molar refractivity (Wildman–Crippen MR) is 98.7 cm³/mol. The minimum Gasteiger partial charge on any atom is -0.326 e.